The molecule has 1 N–H and O–H groups in total. The van der Waals surface area contributed by atoms with E-state index in [9.17, 15) is 0 Å². The summed E-state index contributed by atoms with van der Waals surface area (Å²) in [7, 11) is 1.61. The van der Waals surface area contributed by atoms with Crippen LogP contribution >= 0.6 is 0 Å². The first kappa shape index (κ1) is 10.5. The van der Waals surface area contributed by atoms with Crippen molar-refractivity contribution < 1.29 is 9.15 Å². The van der Waals surface area contributed by atoms with Crippen molar-refractivity contribution in [3.05, 3.63) is 42.0 Å². The van der Waals surface area contributed by atoms with Crippen molar-refractivity contribution in [3.8, 4) is 5.88 Å². The van der Waals surface area contributed by atoms with Gasteiger partial charge in [-0.25, -0.2) is 4.98 Å². The van der Waals surface area contributed by atoms with Crippen LogP contribution in [0.2, 0.25) is 0 Å². The van der Waals surface area contributed by atoms with Crippen molar-refractivity contribution in [2.45, 2.75) is 13.5 Å². The number of nitrogens with zero attached hydrogens (tertiary/aromatic N) is 1. The van der Waals surface area contributed by atoms with E-state index in [0.29, 0.717) is 12.4 Å². The summed E-state index contributed by atoms with van der Waals surface area (Å²) in [6.45, 7) is 2.59. The van der Waals surface area contributed by atoms with Crippen LogP contribution in [0.15, 0.2) is 34.9 Å². The Labute approximate surface area is 94.3 Å². The molecule has 2 heterocycles. The molecular weight excluding hydrogens is 204 g/mol. The Bertz CT molecular complexity index is 452. The Kier molecular flexibility index (Phi) is 3.10. The van der Waals surface area contributed by atoms with Crippen molar-refractivity contribution in [2.24, 2.45) is 0 Å². The van der Waals surface area contributed by atoms with Gasteiger partial charge in [-0.15, -0.1) is 0 Å². The van der Waals surface area contributed by atoms with E-state index in [2.05, 4.69) is 10.3 Å². The third-order valence-corrected chi connectivity index (χ3v) is 2.30. The number of ether oxygens (including phenoxy) is 1. The number of furan rings is 1. The van der Waals surface area contributed by atoms with Gasteiger partial charge in [0, 0.05) is 6.07 Å². The summed E-state index contributed by atoms with van der Waals surface area (Å²) in [6, 6.07) is 7.58. The van der Waals surface area contributed by atoms with Crippen LogP contribution in [0.5, 0.6) is 5.88 Å². The Balaban J connectivity index is 2.04. The van der Waals surface area contributed by atoms with Gasteiger partial charge in [0.05, 0.1) is 31.3 Å². The number of aromatic nitrogens is 1. The molecule has 0 saturated heterocycles. The lowest BCUT2D eigenvalue weighted by Gasteiger charge is -2.08. The maximum Gasteiger partial charge on any atom is 0.213 e. The molecule has 0 aliphatic rings. The van der Waals surface area contributed by atoms with Crippen molar-refractivity contribution in [1.29, 1.82) is 0 Å². The van der Waals surface area contributed by atoms with Gasteiger partial charge in [-0.05, 0) is 25.1 Å². The molecule has 84 valence electrons. The van der Waals surface area contributed by atoms with Crippen LogP contribution in [0, 0.1) is 6.92 Å². The van der Waals surface area contributed by atoms with E-state index in [1.807, 2.05) is 31.2 Å². The fourth-order valence-electron chi connectivity index (χ4n) is 1.43. The number of hydrogen-bond acceptors (Lipinski definition) is 4. The van der Waals surface area contributed by atoms with E-state index in [-0.39, 0.29) is 0 Å². The van der Waals surface area contributed by atoms with Crippen LogP contribution in [0.4, 0.5) is 5.69 Å². The summed E-state index contributed by atoms with van der Waals surface area (Å²) in [5.74, 6) is 1.52. The molecule has 0 amide bonds. The molecule has 0 aliphatic carbocycles. The minimum Gasteiger partial charge on any atom is -0.481 e. The first-order valence-electron chi connectivity index (χ1n) is 5.07. The van der Waals surface area contributed by atoms with E-state index in [1.54, 1.807) is 13.4 Å². The lowest BCUT2D eigenvalue weighted by molar-refractivity contribution is 0.397. The number of rotatable bonds is 4. The number of methoxy groups -OCH3 is 1. The first-order valence-corrected chi connectivity index (χ1v) is 5.07. The Morgan fingerprint density at radius 3 is 2.88 bits per heavy atom. The molecular formula is C12H14N2O2. The predicted octanol–water partition coefficient (Wildman–Crippen LogP) is 2.60. The molecule has 0 aliphatic heterocycles. The molecule has 0 fully saturated rings. The molecule has 0 bridgehead atoms. The predicted molar refractivity (Wildman–Crippen MR) is 61.6 cm³/mol. The van der Waals surface area contributed by atoms with Gasteiger partial charge in [-0.1, -0.05) is 0 Å². The smallest absolute Gasteiger partial charge is 0.213 e. The number of pyridine rings is 1. The highest BCUT2D eigenvalue weighted by Crippen LogP contribution is 2.17. The highest BCUT2D eigenvalue weighted by Gasteiger charge is 2.02. The minimum atomic E-state index is 0.626. The SMILES string of the molecule is COc1ccc(NCc2ccco2)c(C)n1. The summed E-state index contributed by atoms with van der Waals surface area (Å²) in [6.07, 6.45) is 1.66. The second-order valence-electron chi connectivity index (χ2n) is 3.42. The normalized spacial score (nSPS) is 10.1. The highest BCUT2D eigenvalue weighted by molar-refractivity contribution is 5.48. The van der Waals surface area contributed by atoms with E-state index in [1.165, 1.54) is 0 Å². The summed E-state index contributed by atoms with van der Waals surface area (Å²) in [4.78, 5) is 4.28. The monoisotopic (exact) mass is 218 g/mol. The molecule has 0 radical (unpaired) electrons. The van der Waals surface area contributed by atoms with Crippen LogP contribution in [-0.2, 0) is 6.54 Å². The standard InChI is InChI=1S/C12H14N2O2/c1-9-11(5-6-12(14-9)15-2)13-8-10-4-3-7-16-10/h3-7,13H,8H2,1-2H3. The molecule has 4 nitrogen and oxygen atoms in total. The lowest BCUT2D eigenvalue weighted by atomic mass is 10.3. The largest absolute Gasteiger partial charge is 0.481 e. The Morgan fingerprint density at radius 1 is 1.38 bits per heavy atom. The first-order chi connectivity index (χ1) is 7.79. The summed E-state index contributed by atoms with van der Waals surface area (Å²) >= 11 is 0. The minimum absolute atomic E-state index is 0.626. The van der Waals surface area contributed by atoms with Gasteiger partial charge in [0.1, 0.15) is 5.76 Å². The quantitative estimate of drug-likeness (QED) is 0.856. The van der Waals surface area contributed by atoms with Gasteiger partial charge in [-0.3, -0.25) is 0 Å². The van der Waals surface area contributed by atoms with Crippen molar-refractivity contribution in [3.63, 3.8) is 0 Å². The molecule has 2 rings (SSSR count). The number of nitrogens with one attached hydrogen (secondary N) is 1. The molecule has 2 aromatic rings. The van der Waals surface area contributed by atoms with Gasteiger partial charge in [0.15, 0.2) is 0 Å². The molecule has 0 aromatic carbocycles. The molecule has 0 saturated carbocycles. The van der Waals surface area contributed by atoms with Gasteiger partial charge >= 0.3 is 0 Å². The second kappa shape index (κ2) is 4.70. The van der Waals surface area contributed by atoms with Crippen LogP contribution in [-0.4, -0.2) is 12.1 Å². The van der Waals surface area contributed by atoms with Gasteiger partial charge in [-0.2, -0.15) is 0 Å². The van der Waals surface area contributed by atoms with E-state index in [0.717, 1.165) is 17.1 Å². The van der Waals surface area contributed by atoms with Crippen LogP contribution in [0.25, 0.3) is 0 Å². The van der Waals surface area contributed by atoms with Crippen LogP contribution in [0.3, 0.4) is 0 Å². The Hall–Kier alpha value is -1.97. The van der Waals surface area contributed by atoms with E-state index >= 15 is 0 Å². The molecule has 0 spiro atoms. The van der Waals surface area contributed by atoms with E-state index in [4.69, 9.17) is 9.15 Å². The summed E-state index contributed by atoms with van der Waals surface area (Å²) < 4.78 is 10.3. The van der Waals surface area contributed by atoms with Crippen molar-refractivity contribution in [2.75, 3.05) is 12.4 Å². The third-order valence-electron chi connectivity index (χ3n) is 2.30. The van der Waals surface area contributed by atoms with E-state index < -0.39 is 0 Å². The maximum absolute atomic E-state index is 5.23. The lowest BCUT2D eigenvalue weighted by Crippen LogP contribution is -2.01. The van der Waals surface area contributed by atoms with Gasteiger partial charge < -0.3 is 14.5 Å². The fourth-order valence-corrected chi connectivity index (χ4v) is 1.43. The molecule has 4 heteroatoms. The topological polar surface area (TPSA) is 47.3 Å². The second-order valence-corrected chi connectivity index (χ2v) is 3.42. The van der Waals surface area contributed by atoms with Gasteiger partial charge in [0.2, 0.25) is 5.88 Å². The third kappa shape index (κ3) is 2.34. The average Bonchev–Trinajstić information content (AvgIpc) is 2.80. The van der Waals surface area contributed by atoms with Crippen LogP contribution in [0.1, 0.15) is 11.5 Å². The molecule has 2 aromatic heterocycles. The van der Waals surface area contributed by atoms with Crippen molar-refractivity contribution >= 4 is 5.69 Å². The number of anilines is 1. The van der Waals surface area contributed by atoms with Gasteiger partial charge in [0.25, 0.3) is 0 Å². The molecule has 0 unspecified atom stereocenters. The molecule has 0 atom stereocenters. The zero-order valence-corrected chi connectivity index (χ0v) is 9.36. The Morgan fingerprint density at radius 2 is 2.25 bits per heavy atom. The summed E-state index contributed by atoms with van der Waals surface area (Å²) in [5.41, 5.74) is 1.89. The number of hydrogen-bond donors (Lipinski definition) is 1. The highest BCUT2D eigenvalue weighted by atomic mass is 16.5. The average molecular weight is 218 g/mol. The van der Waals surface area contributed by atoms with Crippen molar-refractivity contribution in [1.82, 2.24) is 4.98 Å². The van der Waals surface area contributed by atoms with Crippen LogP contribution < -0.4 is 10.1 Å². The fraction of sp³-hybridized carbons (Fsp3) is 0.250. The molecule has 16 heavy (non-hydrogen) atoms. The maximum atomic E-state index is 5.23. The zero-order chi connectivity index (χ0) is 11.4. The number of aryl methyl sites for hydroxylation is 1. The summed E-state index contributed by atoms with van der Waals surface area (Å²) in [5, 5.41) is 3.25. The zero-order valence-electron chi connectivity index (χ0n) is 9.36.